The number of aromatic nitrogens is 1. The molecule has 1 aliphatic heterocycles. The molecule has 0 spiro atoms. The van der Waals surface area contributed by atoms with E-state index in [2.05, 4.69) is 10.2 Å². The van der Waals surface area contributed by atoms with E-state index in [-0.39, 0.29) is 23.7 Å². The molecule has 1 aromatic heterocycles. The van der Waals surface area contributed by atoms with E-state index in [1.165, 1.54) is 29.8 Å². The lowest BCUT2D eigenvalue weighted by Gasteiger charge is -2.35. The van der Waals surface area contributed by atoms with Gasteiger partial charge in [-0.05, 0) is 32.1 Å². The SMILES string of the molecule is CC(C)C(=O)N1CCN(c2nc3c(s2)CC(C(=O)NC2CCCCC2)CC3)CC1. The number of piperazine rings is 1. The predicted molar refractivity (Wildman–Crippen MR) is 116 cm³/mol. The minimum Gasteiger partial charge on any atom is -0.353 e. The molecule has 0 radical (unpaired) electrons. The second-order valence-corrected chi connectivity index (χ2v) is 10.2. The molecule has 1 atom stereocenters. The van der Waals surface area contributed by atoms with Gasteiger partial charge in [-0.2, -0.15) is 0 Å². The first-order valence-corrected chi connectivity index (χ1v) is 12.2. The number of carbonyl (C=O) groups is 2. The van der Waals surface area contributed by atoms with E-state index in [1.807, 2.05) is 18.7 Å². The van der Waals surface area contributed by atoms with E-state index in [9.17, 15) is 9.59 Å². The zero-order valence-electron chi connectivity index (χ0n) is 17.8. The average Bonchev–Trinajstić information content (AvgIpc) is 3.17. The highest BCUT2D eigenvalue weighted by atomic mass is 32.1. The van der Waals surface area contributed by atoms with Crippen LogP contribution in [0, 0.1) is 11.8 Å². The van der Waals surface area contributed by atoms with Crippen LogP contribution >= 0.6 is 11.3 Å². The molecule has 1 unspecified atom stereocenters. The van der Waals surface area contributed by atoms with Crippen molar-refractivity contribution in [2.45, 2.75) is 71.3 Å². The molecule has 4 rings (SSSR count). The Bertz CT molecular complexity index is 733. The Kier molecular flexibility index (Phi) is 6.42. The third kappa shape index (κ3) is 4.76. The summed E-state index contributed by atoms with van der Waals surface area (Å²) in [6, 6.07) is 0.388. The minimum atomic E-state index is 0.0606. The Balaban J connectivity index is 1.33. The van der Waals surface area contributed by atoms with Crippen molar-refractivity contribution in [1.29, 1.82) is 0 Å². The van der Waals surface area contributed by atoms with Crippen molar-refractivity contribution < 1.29 is 9.59 Å². The lowest BCUT2D eigenvalue weighted by atomic mass is 9.89. The molecular formula is C22H34N4O2S. The number of aryl methyl sites for hydroxylation is 1. The van der Waals surface area contributed by atoms with Gasteiger partial charge in [0, 0.05) is 48.9 Å². The van der Waals surface area contributed by atoms with Crippen LogP contribution in [0.2, 0.25) is 0 Å². The fourth-order valence-corrected chi connectivity index (χ4v) is 6.01. The maximum Gasteiger partial charge on any atom is 0.225 e. The second kappa shape index (κ2) is 9.02. The summed E-state index contributed by atoms with van der Waals surface area (Å²) in [6.07, 6.45) is 8.72. The summed E-state index contributed by atoms with van der Waals surface area (Å²) in [4.78, 5) is 35.4. The van der Waals surface area contributed by atoms with Crippen LogP contribution in [0.5, 0.6) is 0 Å². The molecule has 1 saturated heterocycles. The third-order valence-corrected chi connectivity index (χ3v) is 7.79. The van der Waals surface area contributed by atoms with E-state index in [0.717, 1.165) is 63.4 Å². The number of rotatable bonds is 4. The highest BCUT2D eigenvalue weighted by molar-refractivity contribution is 7.15. The highest BCUT2D eigenvalue weighted by Gasteiger charge is 2.31. The lowest BCUT2D eigenvalue weighted by Crippen LogP contribution is -2.49. The number of hydrogen-bond acceptors (Lipinski definition) is 5. The van der Waals surface area contributed by atoms with E-state index in [1.54, 1.807) is 11.3 Å². The highest BCUT2D eigenvalue weighted by Crippen LogP contribution is 2.35. The molecule has 2 heterocycles. The summed E-state index contributed by atoms with van der Waals surface area (Å²) in [6.45, 7) is 7.16. The largest absolute Gasteiger partial charge is 0.353 e. The summed E-state index contributed by atoms with van der Waals surface area (Å²) in [5.74, 6) is 0.650. The van der Waals surface area contributed by atoms with Crippen LogP contribution in [0.3, 0.4) is 0 Å². The van der Waals surface area contributed by atoms with Crippen LogP contribution < -0.4 is 10.2 Å². The molecule has 0 bridgehead atoms. The zero-order chi connectivity index (χ0) is 20.4. The first-order valence-electron chi connectivity index (χ1n) is 11.3. The quantitative estimate of drug-likeness (QED) is 0.816. The number of fused-ring (bicyclic) bond motifs is 1. The van der Waals surface area contributed by atoms with E-state index < -0.39 is 0 Å². The molecule has 6 nitrogen and oxygen atoms in total. The molecule has 2 amide bonds. The first kappa shape index (κ1) is 20.6. The second-order valence-electron chi connectivity index (χ2n) is 9.12. The average molecular weight is 419 g/mol. The molecule has 7 heteroatoms. The molecule has 1 aromatic rings. The van der Waals surface area contributed by atoms with Gasteiger partial charge in [-0.1, -0.05) is 33.1 Å². The van der Waals surface area contributed by atoms with Crippen LogP contribution in [-0.4, -0.2) is 53.9 Å². The normalized spacial score (nSPS) is 23.2. The Morgan fingerprint density at radius 2 is 1.79 bits per heavy atom. The van der Waals surface area contributed by atoms with Crippen molar-refractivity contribution in [2.75, 3.05) is 31.1 Å². The predicted octanol–water partition coefficient (Wildman–Crippen LogP) is 3.00. The molecule has 0 aromatic carbocycles. The van der Waals surface area contributed by atoms with Crippen molar-refractivity contribution in [2.24, 2.45) is 11.8 Å². The Labute approximate surface area is 178 Å². The first-order chi connectivity index (χ1) is 14.0. The smallest absolute Gasteiger partial charge is 0.225 e. The van der Waals surface area contributed by atoms with Crippen LogP contribution in [0.1, 0.15) is 62.9 Å². The summed E-state index contributed by atoms with van der Waals surface area (Å²) in [7, 11) is 0. The molecule has 1 N–H and O–H groups in total. The minimum absolute atomic E-state index is 0.0606. The topological polar surface area (TPSA) is 65.5 Å². The van der Waals surface area contributed by atoms with Gasteiger partial charge in [0.25, 0.3) is 0 Å². The zero-order valence-corrected chi connectivity index (χ0v) is 18.6. The summed E-state index contributed by atoms with van der Waals surface area (Å²) in [5.41, 5.74) is 1.19. The molecule has 1 saturated carbocycles. The number of anilines is 1. The van der Waals surface area contributed by atoms with Gasteiger partial charge >= 0.3 is 0 Å². The summed E-state index contributed by atoms with van der Waals surface area (Å²) >= 11 is 1.76. The molecule has 29 heavy (non-hydrogen) atoms. The van der Waals surface area contributed by atoms with Gasteiger partial charge in [-0.15, -0.1) is 11.3 Å². The number of amides is 2. The molecule has 2 aliphatic carbocycles. The van der Waals surface area contributed by atoms with Crippen molar-refractivity contribution >= 4 is 28.3 Å². The standard InChI is InChI=1S/C22H34N4O2S/c1-15(2)21(28)25-10-12-26(13-11-25)22-24-18-9-8-16(14-19(18)29-22)20(27)23-17-6-4-3-5-7-17/h15-17H,3-14H2,1-2H3,(H,23,27). The van der Waals surface area contributed by atoms with Crippen molar-refractivity contribution in [1.82, 2.24) is 15.2 Å². The summed E-state index contributed by atoms with van der Waals surface area (Å²) in [5, 5.41) is 4.38. The van der Waals surface area contributed by atoms with E-state index >= 15 is 0 Å². The molecule has 160 valence electrons. The van der Waals surface area contributed by atoms with Gasteiger partial charge in [0.1, 0.15) is 0 Å². The Morgan fingerprint density at radius 3 is 2.48 bits per heavy atom. The van der Waals surface area contributed by atoms with Crippen molar-refractivity contribution in [3.63, 3.8) is 0 Å². The van der Waals surface area contributed by atoms with Crippen LogP contribution in [0.4, 0.5) is 5.13 Å². The number of thiazole rings is 1. The van der Waals surface area contributed by atoms with E-state index in [0.29, 0.717) is 6.04 Å². The number of nitrogens with one attached hydrogen (secondary N) is 1. The molecule has 2 fully saturated rings. The Hall–Kier alpha value is -1.63. The lowest BCUT2D eigenvalue weighted by molar-refractivity contribution is -0.134. The number of nitrogens with zero attached hydrogens (tertiary/aromatic N) is 3. The van der Waals surface area contributed by atoms with Gasteiger partial charge in [-0.25, -0.2) is 4.98 Å². The van der Waals surface area contributed by atoms with Crippen molar-refractivity contribution in [3.8, 4) is 0 Å². The van der Waals surface area contributed by atoms with Gasteiger partial charge < -0.3 is 15.1 Å². The van der Waals surface area contributed by atoms with Crippen LogP contribution in [-0.2, 0) is 22.4 Å². The third-order valence-electron chi connectivity index (χ3n) is 6.61. The maximum atomic E-state index is 12.8. The van der Waals surface area contributed by atoms with Crippen LogP contribution in [0.25, 0.3) is 0 Å². The van der Waals surface area contributed by atoms with Gasteiger partial charge in [0.05, 0.1) is 5.69 Å². The fourth-order valence-electron chi connectivity index (χ4n) is 4.77. The van der Waals surface area contributed by atoms with Gasteiger partial charge in [-0.3, -0.25) is 9.59 Å². The van der Waals surface area contributed by atoms with E-state index in [4.69, 9.17) is 4.98 Å². The Morgan fingerprint density at radius 1 is 1.07 bits per heavy atom. The molecular weight excluding hydrogens is 384 g/mol. The maximum absolute atomic E-state index is 12.8. The van der Waals surface area contributed by atoms with Crippen LogP contribution in [0.15, 0.2) is 0 Å². The number of carbonyl (C=O) groups excluding carboxylic acids is 2. The molecule has 3 aliphatic rings. The number of hydrogen-bond donors (Lipinski definition) is 1. The fraction of sp³-hybridized carbons (Fsp3) is 0.773. The summed E-state index contributed by atoms with van der Waals surface area (Å²) < 4.78 is 0. The van der Waals surface area contributed by atoms with Crippen molar-refractivity contribution in [3.05, 3.63) is 10.6 Å². The van der Waals surface area contributed by atoms with Gasteiger partial charge in [0.2, 0.25) is 11.8 Å². The monoisotopic (exact) mass is 418 g/mol. The van der Waals surface area contributed by atoms with Gasteiger partial charge in [0.15, 0.2) is 5.13 Å².